The minimum absolute atomic E-state index is 0.255. The highest BCUT2D eigenvalue weighted by Crippen LogP contribution is 1.95. The summed E-state index contributed by atoms with van der Waals surface area (Å²) < 4.78 is 0. The summed E-state index contributed by atoms with van der Waals surface area (Å²) in [5.41, 5.74) is 1.62. The highest BCUT2D eigenvalue weighted by molar-refractivity contribution is 6.04. The van der Waals surface area contributed by atoms with Gasteiger partial charge in [0.15, 0.2) is 0 Å². The Morgan fingerprint density at radius 3 is 2.21 bits per heavy atom. The molecule has 0 aromatic carbocycles. The summed E-state index contributed by atoms with van der Waals surface area (Å²) in [5, 5.41) is 2.30. The molecule has 0 atom stereocenters. The van der Waals surface area contributed by atoms with Crippen molar-refractivity contribution in [3.8, 4) is 0 Å². The van der Waals surface area contributed by atoms with Crippen molar-refractivity contribution >= 4 is 11.8 Å². The Balaban J connectivity index is 4.08. The molecule has 0 aliphatic carbocycles. The fourth-order valence-electron chi connectivity index (χ4n) is 0.704. The largest absolute Gasteiger partial charge is 0.292 e. The van der Waals surface area contributed by atoms with E-state index in [1.807, 2.05) is 13.8 Å². The molecule has 0 saturated heterocycles. The highest BCUT2D eigenvalue weighted by atomic mass is 16.2. The minimum Gasteiger partial charge on any atom is -0.292 e. The third-order valence-electron chi connectivity index (χ3n) is 1.74. The lowest BCUT2D eigenvalue weighted by Crippen LogP contribution is -2.30. The third kappa shape index (κ3) is 5.30. The number of allylic oxidation sites excluding steroid dienone is 2. The fourth-order valence-corrected chi connectivity index (χ4v) is 0.704. The molecule has 0 heterocycles. The summed E-state index contributed by atoms with van der Waals surface area (Å²) in [6.07, 6.45) is 3.71. The lowest BCUT2D eigenvalue weighted by molar-refractivity contribution is -0.127. The van der Waals surface area contributed by atoms with Crippen molar-refractivity contribution in [2.45, 2.75) is 34.1 Å². The molecule has 0 radical (unpaired) electrons. The zero-order valence-electron chi connectivity index (χ0n) is 9.18. The lowest BCUT2D eigenvalue weighted by Gasteiger charge is -2.01. The molecule has 2 amide bonds. The molecule has 0 aliphatic rings. The zero-order valence-corrected chi connectivity index (χ0v) is 9.18. The summed E-state index contributed by atoms with van der Waals surface area (Å²) in [6.45, 7) is 7.25. The number of rotatable bonds is 3. The number of hydrogen-bond acceptors (Lipinski definition) is 2. The Kier molecular flexibility index (Phi) is 5.53. The molecule has 0 saturated carbocycles. The minimum atomic E-state index is -0.320. The predicted octanol–water partition coefficient (Wildman–Crippen LogP) is 1.95. The summed E-state index contributed by atoms with van der Waals surface area (Å²) in [6, 6.07) is 0. The van der Waals surface area contributed by atoms with Crippen LogP contribution in [0.2, 0.25) is 0 Å². The molecule has 0 aliphatic heterocycles. The van der Waals surface area contributed by atoms with Crippen molar-refractivity contribution in [1.29, 1.82) is 0 Å². The SMILES string of the molecule is C/C=C(\C)C(=O)NC(=O)CC=C(C)C. The number of carbonyl (C=O) groups is 2. The van der Waals surface area contributed by atoms with Gasteiger partial charge in [-0.1, -0.05) is 17.7 Å². The monoisotopic (exact) mass is 195 g/mol. The van der Waals surface area contributed by atoms with Gasteiger partial charge in [0, 0.05) is 12.0 Å². The van der Waals surface area contributed by atoms with Gasteiger partial charge in [0.1, 0.15) is 0 Å². The first-order valence-electron chi connectivity index (χ1n) is 4.57. The summed E-state index contributed by atoms with van der Waals surface area (Å²) in [5.74, 6) is -0.586. The Labute approximate surface area is 84.9 Å². The molecule has 3 nitrogen and oxygen atoms in total. The molecular weight excluding hydrogens is 178 g/mol. The van der Waals surface area contributed by atoms with Gasteiger partial charge in [0.05, 0.1) is 0 Å². The van der Waals surface area contributed by atoms with Crippen LogP contribution in [-0.4, -0.2) is 11.8 Å². The van der Waals surface area contributed by atoms with Crippen molar-refractivity contribution in [2.24, 2.45) is 0 Å². The van der Waals surface area contributed by atoms with E-state index in [0.717, 1.165) is 5.57 Å². The average molecular weight is 195 g/mol. The molecule has 0 bridgehead atoms. The Morgan fingerprint density at radius 1 is 1.21 bits per heavy atom. The zero-order chi connectivity index (χ0) is 11.1. The second kappa shape index (κ2) is 6.13. The van der Waals surface area contributed by atoms with E-state index in [2.05, 4.69) is 5.32 Å². The van der Waals surface area contributed by atoms with E-state index in [9.17, 15) is 9.59 Å². The fraction of sp³-hybridized carbons (Fsp3) is 0.455. The summed E-state index contributed by atoms with van der Waals surface area (Å²) in [4.78, 5) is 22.4. The Bertz CT molecular complexity index is 284. The maximum absolute atomic E-state index is 11.2. The second-order valence-corrected chi connectivity index (χ2v) is 3.33. The van der Waals surface area contributed by atoms with Crippen LogP contribution >= 0.6 is 0 Å². The molecule has 0 aromatic rings. The van der Waals surface area contributed by atoms with E-state index >= 15 is 0 Å². The van der Waals surface area contributed by atoms with Gasteiger partial charge in [-0.3, -0.25) is 14.9 Å². The van der Waals surface area contributed by atoms with Crippen LogP contribution in [0.15, 0.2) is 23.3 Å². The van der Waals surface area contributed by atoms with Crippen LogP contribution in [0.3, 0.4) is 0 Å². The number of carbonyl (C=O) groups excluding carboxylic acids is 2. The molecule has 14 heavy (non-hydrogen) atoms. The summed E-state index contributed by atoms with van der Waals surface area (Å²) >= 11 is 0. The van der Waals surface area contributed by atoms with Gasteiger partial charge in [-0.25, -0.2) is 0 Å². The first kappa shape index (κ1) is 12.6. The quantitative estimate of drug-likeness (QED) is 0.552. The molecule has 0 aromatic heterocycles. The van der Waals surface area contributed by atoms with Crippen molar-refractivity contribution in [1.82, 2.24) is 5.32 Å². The van der Waals surface area contributed by atoms with E-state index in [1.165, 1.54) is 0 Å². The van der Waals surface area contributed by atoms with Gasteiger partial charge in [0.2, 0.25) is 5.91 Å². The van der Waals surface area contributed by atoms with Gasteiger partial charge in [-0.05, 0) is 27.7 Å². The van der Waals surface area contributed by atoms with Gasteiger partial charge < -0.3 is 0 Å². The van der Waals surface area contributed by atoms with Crippen LogP contribution in [0.5, 0.6) is 0 Å². The first-order chi connectivity index (χ1) is 6.47. The van der Waals surface area contributed by atoms with Crippen LogP contribution < -0.4 is 5.32 Å². The molecule has 0 rings (SSSR count). The van der Waals surface area contributed by atoms with Crippen LogP contribution in [0.4, 0.5) is 0 Å². The topological polar surface area (TPSA) is 46.2 Å². The molecule has 78 valence electrons. The van der Waals surface area contributed by atoms with E-state index in [4.69, 9.17) is 0 Å². The smallest absolute Gasteiger partial charge is 0.253 e. The van der Waals surface area contributed by atoms with Gasteiger partial charge in [-0.2, -0.15) is 0 Å². The average Bonchev–Trinajstić information content (AvgIpc) is 2.13. The van der Waals surface area contributed by atoms with Crippen LogP contribution in [0.25, 0.3) is 0 Å². The number of imide groups is 1. The molecule has 1 N–H and O–H groups in total. The van der Waals surface area contributed by atoms with Gasteiger partial charge in [-0.15, -0.1) is 0 Å². The molecule has 0 unspecified atom stereocenters. The highest BCUT2D eigenvalue weighted by Gasteiger charge is 2.06. The van der Waals surface area contributed by atoms with Crippen molar-refractivity contribution < 1.29 is 9.59 Å². The standard InChI is InChI=1S/C11H17NO2/c1-5-9(4)11(14)12-10(13)7-6-8(2)3/h5-6H,7H2,1-4H3,(H,12,13,14)/b9-5+. The maximum atomic E-state index is 11.2. The first-order valence-corrected chi connectivity index (χ1v) is 4.57. The molecule has 3 heteroatoms. The van der Waals surface area contributed by atoms with Crippen LogP contribution in [0, 0.1) is 0 Å². The number of nitrogens with one attached hydrogen (secondary N) is 1. The number of amides is 2. The van der Waals surface area contributed by atoms with Crippen LogP contribution in [-0.2, 0) is 9.59 Å². The molecular formula is C11H17NO2. The Hall–Kier alpha value is -1.38. The van der Waals surface area contributed by atoms with Gasteiger partial charge >= 0.3 is 0 Å². The maximum Gasteiger partial charge on any atom is 0.253 e. The van der Waals surface area contributed by atoms with E-state index < -0.39 is 0 Å². The van der Waals surface area contributed by atoms with Crippen molar-refractivity contribution in [3.05, 3.63) is 23.3 Å². The van der Waals surface area contributed by atoms with Crippen LogP contribution in [0.1, 0.15) is 34.1 Å². The second-order valence-electron chi connectivity index (χ2n) is 3.33. The molecule has 0 fully saturated rings. The third-order valence-corrected chi connectivity index (χ3v) is 1.74. The van der Waals surface area contributed by atoms with E-state index in [-0.39, 0.29) is 18.2 Å². The van der Waals surface area contributed by atoms with E-state index in [0.29, 0.717) is 5.57 Å². The summed E-state index contributed by atoms with van der Waals surface area (Å²) in [7, 11) is 0. The van der Waals surface area contributed by atoms with Crippen molar-refractivity contribution in [3.63, 3.8) is 0 Å². The normalized spacial score (nSPS) is 10.7. The number of hydrogen-bond donors (Lipinski definition) is 1. The van der Waals surface area contributed by atoms with E-state index in [1.54, 1.807) is 26.0 Å². The van der Waals surface area contributed by atoms with Crippen molar-refractivity contribution in [2.75, 3.05) is 0 Å². The molecule has 0 spiro atoms. The Morgan fingerprint density at radius 2 is 1.79 bits per heavy atom. The lowest BCUT2D eigenvalue weighted by atomic mass is 10.2. The predicted molar refractivity (Wildman–Crippen MR) is 56.6 cm³/mol. The van der Waals surface area contributed by atoms with Gasteiger partial charge in [0.25, 0.3) is 5.91 Å².